The standard InChI is InChI=1S/C19H19NO5/c1-24-18(22)15-10-14-13(8-5-9-16(14)21)17(15)20-19(23)25-11-12-6-3-2-4-7-12/h2-9,15,17,21H,10-11H2,1H3,(H,20,23). The molecule has 0 aromatic heterocycles. The van der Waals surface area contributed by atoms with Crippen LogP contribution in [0.15, 0.2) is 48.5 Å². The van der Waals surface area contributed by atoms with E-state index in [9.17, 15) is 14.7 Å². The second-order valence-electron chi connectivity index (χ2n) is 5.86. The van der Waals surface area contributed by atoms with Crippen molar-refractivity contribution in [1.29, 1.82) is 0 Å². The van der Waals surface area contributed by atoms with Crippen molar-refractivity contribution in [2.75, 3.05) is 7.11 Å². The number of nitrogens with one attached hydrogen (secondary N) is 1. The molecule has 130 valence electrons. The summed E-state index contributed by atoms with van der Waals surface area (Å²) in [4.78, 5) is 24.2. The normalized spacial score (nSPS) is 18.3. The topological polar surface area (TPSA) is 84.9 Å². The Hall–Kier alpha value is -3.02. The van der Waals surface area contributed by atoms with Gasteiger partial charge in [-0.1, -0.05) is 42.5 Å². The average molecular weight is 341 g/mol. The molecule has 1 aliphatic carbocycles. The minimum absolute atomic E-state index is 0.105. The minimum Gasteiger partial charge on any atom is -0.508 e. The number of amides is 1. The fourth-order valence-corrected chi connectivity index (χ4v) is 3.10. The summed E-state index contributed by atoms with van der Waals surface area (Å²) in [5.74, 6) is -0.935. The SMILES string of the molecule is COC(=O)C1Cc2c(O)cccc2C1NC(=O)OCc1ccccc1. The lowest BCUT2D eigenvalue weighted by Crippen LogP contribution is -2.35. The van der Waals surface area contributed by atoms with Gasteiger partial charge in [0.25, 0.3) is 0 Å². The van der Waals surface area contributed by atoms with Crippen molar-refractivity contribution in [2.45, 2.75) is 19.1 Å². The highest BCUT2D eigenvalue weighted by atomic mass is 16.5. The van der Waals surface area contributed by atoms with Crippen LogP contribution in [0.25, 0.3) is 0 Å². The maximum atomic E-state index is 12.2. The van der Waals surface area contributed by atoms with Gasteiger partial charge in [0.05, 0.1) is 19.1 Å². The number of carbonyl (C=O) groups is 2. The smallest absolute Gasteiger partial charge is 0.407 e. The molecule has 0 radical (unpaired) electrons. The highest BCUT2D eigenvalue weighted by molar-refractivity contribution is 5.78. The van der Waals surface area contributed by atoms with Crippen LogP contribution in [0.4, 0.5) is 4.79 Å². The fraction of sp³-hybridized carbons (Fsp3) is 0.263. The molecule has 2 N–H and O–H groups in total. The van der Waals surface area contributed by atoms with Crippen LogP contribution in [0, 0.1) is 5.92 Å². The number of phenols is 1. The monoisotopic (exact) mass is 341 g/mol. The summed E-state index contributed by atoms with van der Waals surface area (Å²) in [5, 5.41) is 12.7. The Kier molecular flexibility index (Phi) is 4.88. The maximum Gasteiger partial charge on any atom is 0.407 e. The highest BCUT2D eigenvalue weighted by Gasteiger charge is 2.40. The van der Waals surface area contributed by atoms with Gasteiger partial charge in [-0.05, 0) is 23.6 Å². The van der Waals surface area contributed by atoms with Gasteiger partial charge in [-0.15, -0.1) is 0 Å². The summed E-state index contributed by atoms with van der Waals surface area (Å²) in [6.07, 6.45) is -0.322. The molecular weight excluding hydrogens is 322 g/mol. The lowest BCUT2D eigenvalue weighted by molar-refractivity contribution is -0.146. The number of hydrogen-bond acceptors (Lipinski definition) is 5. The molecule has 2 atom stereocenters. The molecule has 1 aliphatic rings. The number of rotatable bonds is 4. The lowest BCUT2D eigenvalue weighted by Gasteiger charge is -2.20. The molecule has 6 nitrogen and oxygen atoms in total. The van der Waals surface area contributed by atoms with Gasteiger partial charge in [0.1, 0.15) is 12.4 Å². The molecule has 1 amide bonds. The molecule has 0 bridgehead atoms. The number of fused-ring (bicyclic) bond motifs is 1. The van der Waals surface area contributed by atoms with Crippen LogP contribution in [-0.4, -0.2) is 24.3 Å². The second kappa shape index (κ2) is 7.25. The Morgan fingerprint density at radius 3 is 2.64 bits per heavy atom. The predicted octanol–water partition coefficient (Wildman–Crippen LogP) is 2.71. The number of phenolic OH excluding ortho intramolecular Hbond substituents is 1. The molecule has 2 unspecified atom stereocenters. The van der Waals surface area contributed by atoms with Gasteiger partial charge in [0, 0.05) is 5.56 Å². The number of methoxy groups -OCH3 is 1. The van der Waals surface area contributed by atoms with Gasteiger partial charge >= 0.3 is 12.1 Å². The summed E-state index contributed by atoms with van der Waals surface area (Å²) in [7, 11) is 1.30. The van der Waals surface area contributed by atoms with E-state index < -0.39 is 24.0 Å². The van der Waals surface area contributed by atoms with Crippen LogP contribution in [0.3, 0.4) is 0 Å². The van der Waals surface area contributed by atoms with Crippen molar-refractivity contribution < 1.29 is 24.2 Å². The van der Waals surface area contributed by atoms with Crippen molar-refractivity contribution in [3.05, 3.63) is 65.2 Å². The number of hydrogen-bond donors (Lipinski definition) is 2. The zero-order valence-electron chi connectivity index (χ0n) is 13.8. The van der Waals surface area contributed by atoms with E-state index in [4.69, 9.17) is 9.47 Å². The Morgan fingerprint density at radius 2 is 1.92 bits per heavy atom. The molecule has 2 aromatic carbocycles. The zero-order valence-corrected chi connectivity index (χ0v) is 13.8. The third-order valence-electron chi connectivity index (χ3n) is 4.34. The second-order valence-corrected chi connectivity index (χ2v) is 5.86. The van der Waals surface area contributed by atoms with Crippen molar-refractivity contribution in [1.82, 2.24) is 5.32 Å². The van der Waals surface area contributed by atoms with Crippen molar-refractivity contribution in [3.63, 3.8) is 0 Å². The zero-order chi connectivity index (χ0) is 17.8. The Balaban J connectivity index is 1.73. The highest BCUT2D eigenvalue weighted by Crippen LogP contribution is 2.40. The third-order valence-corrected chi connectivity index (χ3v) is 4.34. The molecule has 0 saturated heterocycles. The Labute approximate surface area is 145 Å². The molecule has 25 heavy (non-hydrogen) atoms. The Morgan fingerprint density at radius 1 is 1.16 bits per heavy atom. The van der Waals surface area contributed by atoms with Gasteiger partial charge < -0.3 is 19.9 Å². The third kappa shape index (κ3) is 3.57. The number of ether oxygens (including phenoxy) is 2. The van der Waals surface area contributed by atoms with Crippen LogP contribution < -0.4 is 5.32 Å². The van der Waals surface area contributed by atoms with Gasteiger partial charge in [-0.2, -0.15) is 0 Å². The van der Waals surface area contributed by atoms with Crippen LogP contribution in [-0.2, 0) is 27.3 Å². The van der Waals surface area contributed by atoms with Crippen molar-refractivity contribution in [2.24, 2.45) is 5.92 Å². The van der Waals surface area contributed by atoms with Crippen molar-refractivity contribution >= 4 is 12.1 Å². The van der Waals surface area contributed by atoms with E-state index >= 15 is 0 Å². The van der Waals surface area contributed by atoms with Gasteiger partial charge in [0.15, 0.2) is 0 Å². The minimum atomic E-state index is -0.626. The molecule has 2 aromatic rings. The molecule has 0 fully saturated rings. The molecule has 0 saturated carbocycles. The van der Waals surface area contributed by atoms with Crippen LogP contribution in [0.2, 0.25) is 0 Å². The number of alkyl carbamates (subject to hydrolysis) is 1. The van der Waals surface area contributed by atoms with E-state index in [1.807, 2.05) is 30.3 Å². The Bertz CT molecular complexity index is 775. The average Bonchev–Trinajstić information content (AvgIpc) is 3.00. The summed E-state index contributed by atoms with van der Waals surface area (Å²) in [6.45, 7) is 0.134. The summed E-state index contributed by atoms with van der Waals surface area (Å²) < 4.78 is 10.1. The number of carbonyl (C=O) groups excluding carboxylic acids is 2. The quantitative estimate of drug-likeness (QED) is 0.835. The maximum absolute atomic E-state index is 12.2. The number of esters is 1. The lowest BCUT2D eigenvalue weighted by atomic mass is 10.0. The van der Waals surface area contributed by atoms with Crippen molar-refractivity contribution in [3.8, 4) is 5.75 Å². The molecule has 6 heteroatoms. The fourth-order valence-electron chi connectivity index (χ4n) is 3.10. The number of aromatic hydroxyl groups is 1. The van der Waals surface area contributed by atoms with Gasteiger partial charge in [-0.3, -0.25) is 4.79 Å². The first-order valence-electron chi connectivity index (χ1n) is 7.96. The molecule has 0 heterocycles. The van der Waals surface area contributed by atoms with E-state index in [1.54, 1.807) is 18.2 Å². The largest absolute Gasteiger partial charge is 0.508 e. The summed E-state index contributed by atoms with van der Waals surface area (Å²) in [6, 6.07) is 13.7. The van der Waals surface area contributed by atoms with Crippen LogP contribution in [0.1, 0.15) is 22.7 Å². The van der Waals surface area contributed by atoms with E-state index in [-0.39, 0.29) is 12.4 Å². The molecule has 0 spiro atoms. The molecule has 3 rings (SSSR count). The van der Waals surface area contributed by atoms with E-state index in [0.717, 1.165) is 5.56 Å². The molecule has 0 aliphatic heterocycles. The van der Waals surface area contributed by atoms with Crippen LogP contribution >= 0.6 is 0 Å². The first-order chi connectivity index (χ1) is 12.1. The predicted molar refractivity (Wildman–Crippen MR) is 89.8 cm³/mol. The summed E-state index contributed by atoms with van der Waals surface area (Å²) in [5.41, 5.74) is 2.21. The van der Waals surface area contributed by atoms with E-state index in [1.165, 1.54) is 7.11 Å². The van der Waals surface area contributed by atoms with Gasteiger partial charge in [-0.25, -0.2) is 4.79 Å². The molecular formula is C19H19NO5. The van der Waals surface area contributed by atoms with E-state index in [2.05, 4.69) is 5.32 Å². The van der Waals surface area contributed by atoms with Crippen LogP contribution in [0.5, 0.6) is 5.75 Å². The first-order valence-corrected chi connectivity index (χ1v) is 7.96. The first kappa shape index (κ1) is 16.8. The van der Waals surface area contributed by atoms with Gasteiger partial charge in [0.2, 0.25) is 0 Å². The summed E-state index contributed by atoms with van der Waals surface area (Å²) >= 11 is 0. The number of benzene rings is 2. The van der Waals surface area contributed by atoms with E-state index in [0.29, 0.717) is 17.5 Å².